The van der Waals surface area contributed by atoms with Gasteiger partial charge in [0.25, 0.3) is 0 Å². The van der Waals surface area contributed by atoms with E-state index in [-0.39, 0.29) is 12.4 Å². The van der Waals surface area contributed by atoms with Crippen molar-refractivity contribution in [3.8, 4) is 0 Å². The van der Waals surface area contributed by atoms with Crippen LogP contribution in [0.3, 0.4) is 0 Å². The molecule has 0 saturated carbocycles. The Balaban J connectivity index is 2.33. The molecule has 70 valence electrons. The molecule has 1 aromatic carbocycles. The van der Waals surface area contributed by atoms with Gasteiger partial charge in [0.2, 0.25) is 0 Å². The van der Waals surface area contributed by atoms with Crippen LogP contribution in [0.4, 0.5) is 8.78 Å². The SMILES string of the molecule is Fc1cccc(C2(F)CCNC2)c1. The number of halogens is 2. The molecule has 1 aromatic rings. The van der Waals surface area contributed by atoms with Gasteiger partial charge in [-0.1, -0.05) is 12.1 Å². The highest BCUT2D eigenvalue weighted by Crippen LogP contribution is 2.32. The maximum Gasteiger partial charge on any atom is 0.149 e. The fourth-order valence-electron chi connectivity index (χ4n) is 1.68. The lowest BCUT2D eigenvalue weighted by molar-refractivity contribution is 0.193. The van der Waals surface area contributed by atoms with E-state index in [1.54, 1.807) is 12.1 Å². The molecule has 0 radical (unpaired) electrons. The van der Waals surface area contributed by atoms with Gasteiger partial charge in [0.05, 0.1) is 0 Å². The maximum absolute atomic E-state index is 14.0. The van der Waals surface area contributed by atoms with Crippen molar-refractivity contribution in [2.45, 2.75) is 12.1 Å². The first-order chi connectivity index (χ1) is 6.21. The van der Waals surface area contributed by atoms with E-state index in [9.17, 15) is 8.78 Å². The monoisotopic (exact) mass is 183 g/mol. The van der Waals surface area contributed by atoms with E-state index in [4.69, 9.17) is 0 Å². The lowest BCUT2D eigenvalue weighted by atomic mass is 9.95. The number of alkyl halides is 1. The third-order valence-corrected chi connectivity index (χ3v) is 2.45. The third kappa shape index (κ3) is 1.56. The molecule has 0 aromatic heterocycles. The first kappa shape index (κ1) is 8.63. The zero-order chi connectivity index (χ0) is 9.31. The number of hydrogen-bond donors (Lipinski definition) is 1. The smallest absolute Gasteiger partial charge is 0.149 e. The van der Waals surface area contributed by atoms with Gasteiger partial charge in [-0.3, -0.25) is 0 Å². The van der Waals surface area contributed by atoms with Gasteiger partial charge < -0.3 is 5.32 Å². The molecule has 1 nitrogen and oxygen atoms in total. The van der Waals surface area contributed by atoms with Gasteiger partial charge in [0.15, 0.2) is 0 Å². The number of nitrogens with one attached hydrogen (secondary N) is 1. The van der Waals surface area contributed by atoms with Crippen molar-refractivity contribution in [1.29, 1.82) is 0 Å². The van der Waals surface area contributed by atoms with Crippen LogP contribution in [0.1, 0.15) is 12.0 Å². The van der Waals surface area contributed by atoms with Crippen LogP contribution in [0.5, 0.6) is 0 Å². The summed E-state index contributed by atoms with van der Waals surface area (Å²) in [5.41, 5.74) is -0.931. The summed E-state index contributed by atoms with van der Waals surface area (Å²) in [4.78, 5) is 0. The van der Waals surface area contributed by atoms with Crippen molar-refractivity contribution in [3.63, 3.8) is 0 Å². The topological polar surface area (TPSA) is 12.0 Å². The summed E-state index contributed by atoms with van der Waals surface area (Å²) in [5.74, 6) is -0.374. The molecule has 0 amide bonds. The fraction of sp³-hybridized carbons (Fsp3) is 0.400. The van der Waals surface area contributed by atoms with E-state index < -0.39 is 5.67 Å². The first-order valence-electron chi connectivity index (χ1n) is 4.36. The maximum atomic E-state index is 14.0. The third-order valence-electron chi connectivity index (χ3n) is 2.45. The summed E-state index contributed by atoms with van der Waals surface area (Å²) < 4.78 is 26.8. The van der Waals surface area contributed by atoms with E-state index >= 15 is 0 Å². The van der Waals surface area contributed by atoms with Crippen LogP contribution in [0.25, 0.3) is 0 Å². The van der Waals surface area contributed by atoms with E-state index in [1.165, 1.54) is 12.1 Å². The normalized spacial score (nSPS) is 27.8. The van der Waals surface area contributed by atoms with Gasteiger partial charge >= 0.3 is 0 Å². The molecule has 13 heavy (non-hydrogen) atoms. The van der Waals surface area contributed by atoms with Crippen molar-refractivity contribution < 1.29 is 8.78 Å². The van der Waals surface area contributed by atoms with Crippen LogP contribution < -0.4 is 5.32 Å². The Morgan fingerprint density at radius 2 is 2.23 bits per heavy atom. The number of hydrogen-bond acceptors (Lipinski definition) is 1. The van der Waals surface area contributed by atoms with E-state index in [1.807, 2.05) is 0 Å². The van der Waals surface area contributed by atoms with Gasteiger partial charge in [-0.25, -0.2) is 8.78 Å². The summed E-state index contributed by atoms with van der Waals surface area (Å²) in [7, 11) is 0. The Labute approximate surface area is 75.8 Å². The highest BCUT2D eigenvalue weighted by atomic mass is 19.1. The van der Waals surface area contributed by atoms with Gasteiger partial charge in [0, 0.05) is 6.54 Å². The second-order valence-corrected chi connectivity index (χ2v) is 3.40. The highest BCUT2D eigenvalue weighted by Gasteiger charge is 2.35. The Kier molecular flexibility index (Phi) is 2.04. The second kappa shape index (κ2) is 3.07. The Morgan fingerprint density at radius 1 is 1.38 bits per heavy atom. The minimum Gasteiger partial charge on any atom is -0.313 e. The number of benzene rings is 1. The van der Waals surface area contributed by atoms with Gasteiger partial charge in [-0.05, 0) is 30.7 Å². The molecule has 0 bridgehead atoms. The molecule has 1 aliphatic rings. The average molecular weight is 183 g/mol. The van der Waals surface area contributed by atoms with Crippen LogP contribution in [0, 0.1) is 5.82 Å². The highest BCUT2D eigenvalue weighted by molar-refractivity contribution is 5.25. The molecule has 1 N–H and O–H groups in total. The second-order valence-electron chi connectivity index (χ2n) is 3.40. The molecule has 1 saturated heterocycles. The van der Waals surface area contributed by atoms with Crippen LogP contribution in [0.2, 0.25) is 0 Å². The quantitative estimate of drug-likeness (QED) is 0.702. The molecule has 3 heteroatoms. The number of rotatable bonds is 1. The molecule has 0 aliphatic carbocycles. The zero-order valence-corrected chi connectivity index (χ0v) is 7.19. The van der Waals surface area contributed by atoms with Crippen molar-refractivity contribution in [2.75, 3.05) is 13.1 Å². The van der Waals surface area contributed by atoms with Crippen LogP contribution in [-0.2, 0) is 5.67 Å². The van der Waals surface area contributed by atoms with Crippen LogP contribution >= 0.6 is 0 Å². The predicted molar refractivity (Wildman–Crippen MR) is 46.7 cm³/mol. The van der Waals surface area contributed by atoms with Gasteiger partial charge in [-0.15, -0.1) is 0 Å². The summed E-state index contributed by atoms with van der Waals surface area (Å²) in [5, 5.41) is 2.93. The summed E-state index contributed by atoms with van der Waals surface area (Å²) in [6, 6.07) is 5.78. The molecular formula is C10H11F2N. The Bertz CT molecular complexity index is 306. The molecule has 1 unspecified atom stereocenters. The van der Waals surface area contributed by atoms with Crippen molar-refractivity contribution in [2.24, 2.45) is 0 Å². The van der Waals surface area contributed by atoms with Gasteiger partial charge in [0.1, 0.15) is 11.5 Å². The summed E-state index contributed by atoms with van der Waals surface area (Å²) in [6.07, 6.45) is 0.427. The van der Waals surface area contributed by atoms with Gasteiger partial charge in [-0.2, -0.15) is 0 Å². The zero-order valence-electron chi connectivity index (χ0n) is 7.19. The molecular weight excluding hydrogens is 172 g/mol. The summed E-state index contributed by atoms with van der Waals surface area (Å²) in [6.45, 7) is 0.948. The van der Waals surface area contributed by atoms with Crippen molar-refractivity contribution in [1.82, 2.24) is 5.32 Å². The predicted octanol–water partition coefficient (Wildman–Crippen LogP) is 1.98. The Hall–Kier alpha value is -0.960. The molecule has 1 fully saturated rings. The fourth-order valence-corrected chi connectivity index (χ4v) is 1.68. The van der Waals surface area contributed by atoms with E-state index in [0.717, 1.165) is 0 Å². The van der Waals surface area contributed by atoms with E-state index in [2.05, 4.69) is 5.32 Å². The van der Waals surface area contributed by atoms with Crippen molar-refractivity contribution in [3.05, 3.63) is 35.6 Å². The minimum absolute atomic E-state index is 0.288. The molecule has 1 atom stereocenters. The molecule has 2 rings (SSSR count). The molecule has 1 heterocycles. The average Bonchev–Trinajstić information content (AvgIpc) is 2.54. The van der Waals surface area contributed by atoms with Crippen molar-refractivity contribution >= 4 is 0 Å². The Morgan fingerprint density at radius 3 is 2.85 bits per heavy atom. The molecule has 0 spiro atoms. The lowest BCUT2D eigenvalue weighted by Gasteiger charge is -2.18. The minimum atomic E-state index is -1.37. The molecule has 1 aliphatic heterocycles. The standard InChI is InChI=1S/C10H11F2N/c11-9-3-1-2-8(6-9)10(12)4-5-13-7-10/h1-3,6,13H,4-5,7H2. The van der Waals surface area contributed by atoms with Crippen LogP contribution in [-0.4, -0.2) is 13.1 Å². The summed E-state index contributed by atoms with van der Waals surface area (Å²) >= 11 is 0. The first-order valence-corrected chi connectivity index (χ1v) is 4.36. The largest absolute Gasteiger partial charge is 0.313 e. The lowest BCUT2D eigenvalue weighted by Crippen LogP contribution is -2.23. The van der Waals surface area contributed by atoms with Crippen LogP contribution in [0.15, 0.2) is 24.3 Å². The van der Waals surface area contributed by atoms with E-state index in [0.29, 0.717) is 18.5 Å².